The van der Waals surface area contributed by atoms with E-state index in [-0.39, 0.29) is 12.4 Å². The van der Waals surface area contributed by atoms with Crippen molar-refractivity contribution in [2.75, 3.05) is 7.11 Å². The highest BCUT2D eigenvalue weighted by Gasteiger charge is 2.15. The average Bonchev–Trinajstić information content (AvgIpc) is 2.20. The summed E-state index contributed by atoms with van der Waals surface area (Å²) in [4.78, 5) is 11.1. The number of benzene rings is 1. The van der Waals surface area contributed by atoms with Crippen LogP contribution in [-0.2, 0) is 16.0 Å². The minimum atomic E-state index is -0.657. The number of carbonyl (C=O) groups is 1. The fraction of sp³-hybridized carbons (Fsp3) is 0.364. The molecule has 0 aromatic heterocycles. The van der Waals surface area contributed by atoms with Crippen LogP contribution in [0.4, 0.5) is 0 Å². The van der Waals surface area contributed by atoms with Crippen LogP contribution in [0.1, 0.15) is 11.1 Å². The number of methoxy groups -OCH3 is 1. The standard InChI is InChI=1S/C11H14ClNO2.ClH/c1-7-3-4-8(9(12)5-7)6-10(13)11(14)15-2;/h3-5,10H,6,13H2,1-2H3;1H/t10-;/m1./s1. The van der Waals surface area contributed by atoms with Crippen molar-refractivity contribution in [2.45, 2.75) is 19.4 Å². The average molecular weight is 264 g/mol. The number of hydrogen-bond acceptors (Lipinski definition) is 3. The molecule has 1 rings (SSSR count). The molecule has 0 amide bonds. The van der Waals surface area contributed by atoms with Crippen LogP contribution in [0, 0.1) is 6.92 Å². The van der Waals surface area contributed by atoms with Gasteiger partial charge in [-0.1, -0.05) is 23.7 Å². The Balaban J connectivity index is 0.00000225. The van der Waals surface area contributed by atoms with E-state index in [1.807, 2.05) is 25.1 Å². The fourth-order valence-electron chi connectivity index (χ4n) is 1.29. The predicted octanol–water partition coefficient (Wildman–Crippen LogP) is 2.11. The zero-order valence-corrected chi connectivity index (χ0v) is 10.8. The van der Waals surface area contributed by atoms with Crippen molar-refractivity contribution < 1.29 is 9.53 Å². The quantitative estimate of drug-likeness (QED) is 0.851. The molecule has 0 aliphatic heterocycles. The first-order valence-electron chi connectivity index (χ1n) is 4.63. The molecular formula is C11H15Cl2NO2. The van der Waals surface area contributed by atoms with Crippen molar-refractivity contribution in [1.82, 2.24) is 0 Å². The zero-order valence-electron chi connectivity index (χ0n) is 9.20. The maximum Gasteiger partial charge on any atom is 0.322 e. The van der Waals surface area contributed by atoms with Gasteiger partial charge in [0.1, 0.15) is 6.04 Å². The van der Waals surface area contributed by atoms with E-state index < -0.39 is 12.0 Å². The molecule has 0 unspecified atom stereocenters. The molecule has 2 N–H and O–H groups in total. The van der Waals surface area contributed by atoms with Gasteiger partial charge in [0.25, 0.3) is 0 Å². The summed E-state index contributed by atoms with van der Waals surface area (Å²) in [7, 11) is 1.32. The van der Waals surface area contributed by atoms with Crippen molar-refractivity contribution in [1.29, 1.82) is 0 Å². The first-order chi connectivity index (χ1) is 7.04. The summed E-state index contributed by atoms with van der Waals surface area (Å²) in [5.74, 6) is -0.424. The molecule has 3 nitrogen and oxygen atoms in total. The number of carbonyl (C=O) groups excluding carboxylic acids is 1. The van der Waals surface area contributed by atoms with E-state index in [2.05, 4.69) is 4.74 Å². The van der Waals surface area contributed by atoms with Gasteiger partial charge >= 0.3 is 5.97 Å². The summed E-state index contributed by atoms with van der Waals surface area (Å²) in [6.45, 7) is 1.95. The molecule has 0 fully saturated rings. The number of nitrogens with two attached hydrogens (primary N) is 1. The van der Waals surface area contributed by atoms with E-state index in [1.54, 1.807) is 0 Å². The van der Waals surface area contributed by atoms with Gasteiger partial charge in [0.15, 0.2) is 0 Å². The van der Waals surface area contributed by atoms with Crippen LogP contribution >= 0.6 is 24.0 Å². The summed E-state index contributed by atoms with van der Waals surface area (Å²) >= 11 is 6.01. The highest BCUT2D eigenvalue weighted by Crippen LogP contribution is 2.18. The molecule has 0 spiro atoms. The lowest BCUT2D eigenvalue weighted by atomic mass is 10.1. The molecule has 16 heavy (non-hydrogen) atoms. The Labute approximate surface area is 106 Å². The van der Waals surface area contributed by atoms with Gasteiger partial charge in [0.2, 0.25) is 0 Å². The number of rotatable bonds is 3. The summed E-state index contributed by atoms with van der Waals surface area (Å²) in [5, 5.41) is 0.634. The van der Waals surface area contributed by atoms with Crippen molar-refractivity contribution >= 4 is 30.0 Å². The van der Waals surface area contributed by atoms with E-state index in [0.29, 0.717) is 11.4 Å². The molecular weight excluding hydrogens is 249 g/mol. The number of esters is 1. The van der Waals surface area contributed by atoms with Gasteiger partial charge < -0.3 is 10.5 Å². The molecule has 0 radical (unpaired) electrons. The Hall–Kier alpha value is -0.770. The lowest BCUT2D eigenvalue weighted by Crippen LogP contribution is -2.33. The minimum Gasteiger partial charge on any atom is -0.468 e. The molecule has 1 aromatic carbocycles. The third-order valence-electron chi connectivity index (χ3n) is 2.15. The molecule has 0 aliphatic rings. The number of halogens is 2. The molecule has 90 valence electrons. The maximum absolute atomic E-state index is 11.1. The summed E-state index contributed by atoms with van der Waals surface area (Å²) in [5.41, 5.74) is 7.57. The molecule has 5 heteroatoms. The van der Waals surface area contributed by atoms with Gasteiger partial charge in [-0.05, 0) is 30.5 Å². The van der Waals surface area contributed by atoms with Crippen LogP contribution in [0.3, 0.4) is 0 Å². The van der Waals surface area contributed by atoms with Crippen LogP contribution in [0.5, 0.6) is 0 Å². The minimum absolute atomic E-state index is 0. The fourth-order valence-corrected chi connectivity index (χ4v) is 1.60. The molecule has 0 heterocycles. The molecule has 0 saturated carbocycles. The highest BCUT2D eigenvalue weighted by atomic mass is 35.5. The van der Waals surface area contributed by atoms with Gasteiger partial charge in [-0.15, -0.1) is 12.4 Å². The van der Waals surface area contributed by atoms with E-state index in [9.17, 15) is 4.79 Å². The first kappa shape index (κ1) is 15.2. The summed E-state index contributed by atoms with van der Waals surface area (Å²) < 4.78 is 4.54. The van der Waals surface area contributed by atoms with E-state index >= 15 is 0 Å². The molecule has 1 aromatic rings. The predicted molar refractivity (Wildman–Crippen MR) is 67.1 cm³/mol. The highest BCUT2D eigenvalue weighted by molar-refractivity contribution is 6.31. The Morgan fingerprint density at radius 1 is 1.56 bits per heavy atom. The lowest BCUT2D eigenvalue weighted by molar-refractivity contribution is -0.142. The monoisotopic (exact) mass is 263 g/mol. The molecule has 0 saturated heterocycles. The third kappa shape index (κ3) is 4.00. The third-order valence-corrected chi connectivity index (χ3v) is 2.50. The van der Waals surface area contributed by atoms with Crippen molar-refractivity contribution in [3.8, 4) is 0 Å². The van der Waals surface area contributed by atoms with Crippen molar-refractivity contribution in [2.24, 2.45) is 5.73 Å². The van der Waals surface area contributed by atoms with Gasteiger partial charge in [0, 0.05) is 5.02 Å². The van der Waals surface area contributed by atoms with Crippen LogP contribution in [0.25, 0.3) is 0 Å². The Morgan fingerprint density at radius 3 is 2.69 bits per heavy atom. The van der Waals surface area contributed by atoms with Crippen LogP contribution in [0.15, 0.2) is 18.2 Å². The van der Waals surface area contributed by atoms with Crippen molar-refractivity contribution in [3.05, 3.63) is 34.3 Å². The second kappa shape index (κ2) is 6.74. The summed E-state index contributed by atoms with van der Waals surface area (Å²) in [6.07, 6.45) is 0.395. The van der Waals surface area contributed by atoms with Gasteiger partial charge in [-0.2, -0.15) is 0 Å². The normalized spacial score (nSPS) is 11.5. The number of ether oxygens (including phenoxy) is 1. The molecule has 0 aliphatic carbocycles. The maximum atomic E-state index is 11.1. The SMILES string of the molecule is COC(=O)[C@H](N)Cc1ccc(C)cc1Cl.Cl. The number of aryl methyl sites for hydroxylation is 1. The second-order valence-electron chi connectivity index (χ2n) is 3.43. The molecule has 0 bridgehead atoms. The smallest absolute Gasteiger partial charge is 0.322 e. The Bertz CT molecular complexity index is 369. The van der Waals surface area contributed by atoms with Crippen LogP contribution in [0.2, 0.25) is 5.02 Å². The van der Waals surface area contributed by atoms with E-state index in [1.165, 1.54) is 7.11 Å². The Kier molecular flexibility index (Phi) is 6.41. The van der Waals surface area contributed by atoms with E-state index in [0.717, 1.165) is 11.1 Å². The summed E-state index contributed by atoms with van der Waals surface area (Å²) in [6, 6.07) is 5.00. The van der Waals surface area contributed by atoms with Gasteiger partial charge in [-0.25, -0.2) is 0 Å². The second-order valence-corrected chi connectivity index (χ2v) is 3.84. The topological polar surface area (TPSA) is 52.3 Å². The first-order valence-corrected chi connectivity index (χ1v) is 5.01. The molecule has 1 atom stereocenters. The van der Waals surface area contributed by atoms with Gasteiger partial charge in [-0.3, -0.25) is 4.79 Å². The van der Waals surface area contributed by atoms with E-state index in [4.69, 9.17) is 17.3 Å². The number of hydrogen-bond donors (Lipinski definition) is 1. The van der Waals surface area contributed by atoms with Crippen LogP contribution in [-0.4, -0.2) is 19.1 Å². The van der Waals surface area contributed by atoms with Crippen molar-refractivity contribution in [3.63, 3.8) is 0 Å². The zero-order chi connectivity index (χ0) is 11.4. The Morgan fingerprint density at radius 2 is 2.19 bits per heavy atom. The van der Waals surface area contributed by atoms with Gasteiger partial charge in [0.05, 0.1) is 7.11 Å². The largest absolute Gasteiger partial charge is 0.468 e. The lowest BCUT2D eigenvalue weighted by Gasteiger charge is -2.10. The van der Waals surface area contributed by atoms with Crippen LogP contribution < -0.4 is 5.73 Å².